The van der Waals surface area contributed by atoms with E-state index in [1.807, 2.05) is 41.8 Å². The van der Waals surface area contributed by atoms with E-state index >= 15 is 0 Å². The first-order chi connectivity index (χ1) is 26.5. The molecular formula is C47H36GeIrN2OS-2. The predicted octanol–water partition coefficient (Wildman–Crippen LogP) is 12.4. The van der Waals surface area contributed by atoms with Crippen molar-refractivity contribution in [3.05, 3.63) is 174 Å². The molecule has 0 fully saturated rings. The Balaban J connectivity index is 0.000000181. The summed E-state index contributed by atoms with van der Waals surface area (Å²) in [7, 11) is 0. The minimum Gasteiger partial charge on any atom is -0.501 e. The van der Waals surface area contributed by atoms with Crippen LogP contribution in [-0.4, -0.2) is 24.0 Å². The third-order valence-electron chi connectivity index (χ3n) is 9.81. The number of nitrogens with zero attached hydrogens (tertiary/aromatic N) is 2. The average molecular weight is 945 g/mol. The van der Waals surface area contributed by atoms with Crippen molar-refractivity contribution in [1.29, 1.82) is 0 Å². The number of fused-ring (bicyclic) bond motifs is 7. The van der Waals surface area contributed by atoms with Gasteiger partial charge in [0, 0.05) is 51.6 Å². The Labute approximate surface area is 334 Å². The first-order valence-electron chi connectivity index (χ1n) is 18.9. The third-order valence-corrected chi connectivity index (χ3v) is 15.2. The number of aryl methyl sites for hydroxylation is 1. The molecule has 0 aliphatic carbocycles. The number of aliphatic imine (C=N–C) groups is 1. The Morgan fingerprint density at radius 2 is 1.55 bits per heavy atom. The predicted molar refractivity (Wildman–Crippen MR) is 223 cm³/mol. The van der Waals surface area contributed by atoms with Gasteiger partial charge in [0.25, 0.3) is 0 Å². The number of furan rings is 1. The van der Waals surface area contributed by atoms with Gasteiger partial charge in [0.1, 0.15) is 5.58 Å². The van der Waals surface area contributed by atoms with Crippen molar-refractivity contribution in [2.75, 3.05) is 0 Å². The number of rotatable bonds is 4. The van der Waals surface area contributed by atoms with Crippen LogP contribution in [0.5, 0.6) is 0 Å². The minimum absolute atomic E-state index is 0. The smallest absolute Gasteiger partial charge is 0.120 e. The van der Waals surface area contributed by atoms with Gasteiger partial charge in [-0.3, -0.25) is 4.99 Å². The van der Waals surface area contributed by atoms with Gasteiger partial charge in [-0.2, -0.15) is 0 Å². The molecule has 261 valence electrons. The van der Waals surface area contributed by atoms with Gasteiger partial charge in [-0.1, -0.05) is 71.6 Å². The number of para-hydroxylation sites is 2. The van der Waals surface area contributed by atoms with Crippen LogP contribution in [0.15, 0.2) is 149 Å². The Kier molecular flexibility index (Phi) is 8.59. The zero-order valence-corrected chi connectivity index (χ0v) is 34.7. The fourth-order valence-corrected chi connectivity index (χ4v) is 10.4. The van der Waals surface area contributed by atoms with E-state index in [1.165, 1.54) is 41.8 Å². The van der Waals surface area contributed by atoms with Crippen LogP contribution in [-0.2, 0) is 20.1 Å². The Morgan fingerprint density at radius 1 is 0.755 bits per heavy atom. The zero-order valence-electron chi connectivity index (χ0n) is 32.4. The molecule has 0 saturated carbocycles. The monoisotopic (exact) mass is 946 g/mol. The molecule has 0 amide bonds. The molecule has 10 rings (SSSR count). The Hall–Kier alpha value is -4.65. The summed E-state index contributed by atoms with van der Waals surface area (Å²) in [5, 5.41) is 4.84. The van der Waals surface area contributed by atoms with Crippen LogP contribution in [0.1, 0.15) is 32.3 Å². The number of thiophene rings is 1. The topological polar surface area (TPSA) is 38.4 Å². The van der Waals surface area contributed by atoms with Gasteiger partial charge in [-0.25, -0.2) is 0 Å². The van der Waals surface area contributed by atoms with E-state index in [0.717, 1.165) is 50.2 Å². The second-order valence-corrected chi connectivity index (χ2v) is 25.9. The Morgan fingerprint density at radius 3 is 2.34 bits per heavy atom. The van der Waals surface area contributed by atoms with Crippen LogP contribution in [0, 0.1) is 19.0 Å². The van der Waals surface area contributed by atoms with Gasteiger partial charge < -0.3 is 4.42 Å². The van der Waals surface area contributed by atoms with E-state index < -0.39 is 20.1 Å². The van der Waals surface area contributed by atoms with Crippen molar-refractivity contribution >= 4 is 82.5 Å². The van der Waals surface area contributed by atoms with Crippen LogP contribution < -0.4 is 4.40 Å². The van der Waals surface area contributed by atoms with E-state index in [1.54, 1.807) is 12.1 Å². The van der Waals surface area contributed by atoms with Crippen LogP contribution in [0.4, 0.5) is 5.69 Å². The first kappa shape index (κ1) is 31.8. The first-order valence-corrected chi connectivity index (χ1v) is 25.6. The third kappa shape index (κ3) is 6.61. The maximum absolute atomic E-state index is 7.35. The van der Waals surface area contributed by atoms with Gasteiger partial charge >= 0.3 is 110 Å². The van der Waals surface area contributed by atoms with Gasteiger partial charge in [0.15, 0.2) is 0 Å². The largest absolute Gasteiger partial charge is 0.501 e. The SMILES string of the molecule is [2H]C([2H])([2H])c1c[c-]c(-c2cc[c]([Ge]([CH3])([CH3])[CH3])cn2)cc1.[Ir].[c-]1ccc2c(oc3ccccc32)c1C1=Nc2ccccc2C1c1ccc2sc3ccccc3c2c1. The summed E-state index contributed by atoms with van der Waals surface area (Å²) in [5.74, 6) is 7.00. The molecule has 9 aromatic rings. The summed E-state index contributed by atoms with van der Waals surface area (Å²) < 4.78 is 32.4. The maximum Gasteiger partial charge on any atom is 0.120 e. The van der Waals surface area contributed by atoms with Crippen molar-refractivity contribution in [1.82, 2.24) is 4.98 Å². The average Bonchev–Trinajstić information content (AvgIpc) is 3.89. The second-order valence-electron chi connectivity index (χ2n) is 14.2. The van der Waals surface area contributed by atoms with Gasteiger partial charge in [-0.15, -0.1) is 29.5 Å². The summed E-state index contributed by atoms with van der Waals surface area (Å²) >= 11 is 0.0177. The summed E-state index contributed by atoms with van der Waals surface area (Å²) in [6.07, 6.45) is 1.95. The fourth-order valence-electron chi connectivity index (χ4n) is 7.10. The van der Waals surface area contributed by atoms with Gasteiger partial charge in [0.2, 0.25) is 0 Å². The van der Waals surface area contributed by atoms with Crippen molar-refractivity contribution in [2.24, 2.45) is 4.99 Å². The van der Waals surface area contributed by atoms with Crippen LogP contribution in [0.25, 0.3) is 53.4 Å². The van der Waals surface area contributed by atoms with Crippen molar-refractivity contribution in [2.45, 2.75) is 30.0 Å². The normalized spacial score (nSPS) is 14.9. The molecule has 4 heterocycles. The molecule has 1 radical (unpaired) electrons. The number of hydrogen-bond acceptors (Lipinski definition) is 4. The summed E-state index contributed by atoms with van der Waals surface area (Å²) in [6, 6.07) is 51.8. The molecule has 1 atom stereocenters. The molecule has 1 unspecified atom stereocenters. The molecule has 6 aromatic carbocycles. The van der Waals surface area contributed by atoms with E-state index in [0.29, 0.717) is 5.56 Å². The van der Waals surface area contributed by atoms with E-state index in [9.17, 15) is 0 Å². The zero-order chi connectivity index (χ0) is 37.9. The fraction of sp³-hybridized carbons (Fsp3) is 0.106. The molecule has 3 aromatic heterocycles. The Bertz CT molecular complexity index is 2850. The molecule has 1 aliphatic rings. The molecule has 0 bridgehead atoms. The van der Waals surface area contributed by atoms with Crippen molar-refractivity contribution in [3.8, 4) is 11.3 Å². The molecular weight excluding hydrogens is 905 g/mol. The van der Waals surface area contributed by atoms with Crippen LogP contribution in [0.2, 0.25) is 17.3 Å². The summed E-state index contributed by atoms with van der Waals surface area (Å²) in [4.78, 5) is 9.64. The molecule has 0 N–H and O–H groups in total. The quantitative estimate of drug-likeness (QED) is 0.130. The van der Waals surface area contributed by atoms with Crippen molar-refractivity contribution < 1.29 is 28.6 Å². The standard InChI is InChI=1S/C32H18NOS.C15H18GeN.Ir/c1-4-13-26-23(10-1)30(19-16-17-29-25(18-19)21-9-3-6-15-28(21)35-29)31(33-26)24-12-7-11-22-20-8-2-5-14-27(20)34-32(22)24;1-12-5-7-13(8-6-12)15-10-9-14(11-17-15)16(2,3)4;/h1-11,13-18,30H;5-7,9-11H,1-4H3;/q2*-1;/i;1D3;. The van der Waals surface area contributed by atoms with Gasteiger partial charge in [-0.05, 0) is 47.2 Å². The number of pyridine rings is 1. The van der Waals surface area contributed by atoms with Crippen molar-refractivity contribution in [3.63, 3.8) is 0 Å². The van der Waals surface area contributed by atoms with Crippen LogP contribution >= 0.6 is 11.3 Å². The van der Waals surface area contributed by atoms with Gasteiger partial charge in [0.05, 0.1) is 11.3 Å². The molecule has 0 spiro atoms. The summed E-state index contributed by atoms with van der Waals surface area (Å²) in [6.45, 7) is -2.08. The number of benzene rings is 6. The van der Waals surface area contributed by atoms with E-state index in [4.69, 9.17) is 13.5 Å². The molecule has 1 aliphatic heterocycles. The molecule has 3 nitrogen and oxygen atoms in total. The van der Waals surface area contributed by atoms with E-state index in [2.05, 4.69) is 125 Å². The molecule has 53 heavy (non-hydrogen) atoms. The molecule has 0 saturated heterocycles. The molecule has 6 heteroatoms. The minimum atomic E-state index is -2.08. The summed E-state index contributed by atoms with van der Waals surface area (Å²) in [5.41, 5.74) is 9.13. The number of aromatic nitrogens is 1. The maximum atomic E-state index is 7.35. The van der Waals surface area contributed by atoms with Crippen LogP contribution in [0.3, 0.4) is 0 Å². The second kappa shape index (κ2) is 14.3. The van der Waals surface area contributed by atoms with E-state index in [-0.39, 0.29) is 26.0 Å². The number of hydrogen-bond donors (Lipinski definition) is 0.